The minimum Gasteiger partial charge on any atom is -0.368 e. The maximum Gasteiger partial charge on any atom is 0.294 e. The van der Waals surface area contributed by atoms with E-state index in [0.717, 1.165) is 0 Å². The molecule has 2 heterocycles. The summed E-state index contributed by atoms with van der Waals surface area (Å²) in [6, 6.07) is -0.542. The number of carbonyl (C=O) groups excluding carboxylic acids is 1. The number of aromatic nitrogens is 2. The molecule has 0 aromatic carbocycles. The summed E-state index contributed by atoms with van der Waals surface area (Å²) >= 11 is 0. The molecule has 1 aromatic rings. The Bertz CT molecular complexity index is 561. The molecule has 2 rings (SSSR count). The highest BCUT2D eigenvalue weighted by Gasteiger charge is 2.30. The molecule has 1 amide bonds. The quantitative estimate of drug-likeness (QED) is 0.744. The molecule has 20 heavy (non-hydrogen) atoms. The molecule has 110 valence electrons. The second-order valence-corrected chi connectivity index (χ2v) is 5.91. The van der Waals surface area contributed by atoms with Crippen LogP contribution >= 0.6 is 0 Å². The van der Waals surface area contributed by atoms with Crippen molar-refractivity contribution in [1.29, 1.82) is 0 Å². The van der Waals surface area contributed by atoms with Crippen molar-refractivity contribution in [2.75, 3.05) is 24.5 Å². The van der Waals surface area contributed by atoms with Crippen LogP contribution in [0.4, 0.5) is 5.82 Å². The largest absolute Gasteiger partial charge is 0.368 e. The van der Waals surface area contributed by atoms with Gasteiger partial charge in [0.25, 0.3) is 5.56 Å². The molecule has 1 aliphatic rings. The van der Waals surface area contributed by atoms with Gasteiger partial charge < -0.3 is 20.5 Å². The minimum atomic E-state index is -0.542. The number of anilines is 1. The third kappa shape index (κ3) is 2.67. The van der Waals surface area contributed by atoms with Gasteiger partial charge in [0.1, 0.15) is 6.04 Å². The van der Waals surface area contributed by atoms with Crippen LogP contribution in [0.5, 0.6) is 0 Å². The van der Waals surface area contributed by atoms with Crippen molar-refractivity contribution in [2.45, 2.75) is 32.4 Å². The molecule has 0 aliphatic carbocycles. The first-order valence-electron chi connectivity index (χ1n) is 6.67. The normalized spacial score (nSPS) is 19.9. The average Bonchev–Trinajstić information content (AvgIpc) is 2.37. The maximum absolute atomic E-state index is 12.6. The summed E-state index contributed by atoms with van der Waals surface area (Å²) in [5.74, 6) is -0.169. The molecule has 1 aromatic heterocycles. The fourth-order valence-electron chi connectivity index (χ4n) is 2.34. The second kappa shape index (κ2) is 5.24. The number of nitrogens with zero attached hydrogens (tertiary/aromatic N) is 3. The lowest BCUT2D eigenvalue weighted by Crippen LogP contribution is -2.59. The zero-order valence-corrected chi connectivity index (χ0v) is 12.1. The van der Waals surface area contributed by atoms with Gasteiger partial charge in [0.15, 0.2) is 5.82 Å². The molecule has 3 N–H and O–H groups in total. The number of rotatable bonds is 2. The van der Waals surface area contributed by atoms with Crippen molar-refractivity contribution in [3.8, 4) is 0 Å². The molecule has 1 atom stereocenters. The molecule has 0 radical (unpaired) electrons. The summed E-state index contributed by atoms with van der Waals surface area (Å²) < 4.78 is 1.62. The van der Waals surface area contributed by atoms with Crippen LogP contribution in [0.15, 0.2) is 17.2 Å². The Morgan fingerprint density at radius 2 is 2.20 bits per heavy atom. The van der Waals surface area contributed by atoms with Crippen LogP contribution in [-0.2, 0) is 10.3 Å². The highest BCUT2D eigenvalue weighted by atomic mass is 16.2. The van der Waals surface area contributed by atoms with E-state index in [1.54, 1.807) is 21.9 Å². The Labute approximate surface area is 117 Å². The lowest BCUT2D eigenvalue weighted by Gasteiger charge is -2.35. The maximum atomic E-state index is 12.6. The van der Waals surface area contributed by atoms with Crippen LogP contribution in [0.3, 0.4) is 0 Å². The third-order valence-corrected chi connectivity index (χ3v) is 3.39. The van der Waals surface area contributed by atoms with Gasteiger partial charge in [-0.1, -0.05) is 0 Å². The molecular weight excluding hydrogens is 258 g/mol. The first-order valence-corrected chi connectivity index (χ1v) is 6.67. The van der Waals surface area contributed by atoms with Crippen molar-refractivity contribution in [2.24, 2.45) is 5.73 Å². The lowest BCUT2D eigenvalue weighted by atomic mass is 10.1. The van der Waals surface area contributed by atoms with E-state index in [1.807, 2.05) is 20.8 Å². The minimum absolute atomic E-state index is 0.201. The number of piperazine rings is 1. The molecule has 0 spiro atoms. The summed E-state index contributed by atoms with van der Waals surface area (Å²) in [6.45, 7) is 7.49. The SMILES string of the molecule is CC(C)(C)n1ccnc(N2CCNCC2C(N)=O)c1=O. The summed E-state index contributed by atoms with van der Waals surface area (Å²) in [7, 11) is 0. The topological polar surface area (TPSA) is 93.2 Å². The molecule has 1 aliphatic heterocycles. The van der Waals surface area contributed by atoms with Gasteiger partial charge in [-0.3, -0.25) is 9.59 Å². The molecular formula is C13H21N5O2. The monoisotopic (exact) mass is 279 g/mol. The Kier molecular flexibility index (Phi) is 3.80. The number of hydrogen-bond donors (Lipinski definition) is 2. The number of hydrogen-bond acceptors (Lipinski definition) is 5. The van der Waals surface area contributed by atoms with E-state index < -0.39 is 11.9 Å². The van der Waals surface area contributed by atoms with Gasteiger partial charge in [0.05, 0.1) is 0 Å². The smallest absolute Gasteiger partial charge is 0.294 e. The van der Waals surface area contributed by atoms with Gasteiger partial charge >= 0.3 is 0 Å². The van der Waals surface area contributed by atoms with Crippen LogP contribution in [0, 0.1) is 0 Å². The number of amides is 1. The lowest BCUT2D eigenvalue weighted by molar-refractivity contribution is -0.119. The van der Waals surface area contributed by atoms with Crippen molar-refractivity contribution in [1.82, 2.24) is 14.9 Å². The Morgan fingerprint density at radius 1 is 1.50 bits per heavy atom. The third-order valence-electron chi connectivity index (χ3n) is 3.39. The zero-order valence-electron chi connectivity index (χ0n) is 12.1. The van der Waals surface area contributed by atoms with Gasteiger partial charge in [-0.15, -0.1) is 0 Å². The predicted octanol–water partition coefficient (Wildman–Crippen LogP) is -0.738. The summed E-state index contributed by atoms with van der Waals surface area (Å²) in [5, 5.41) is 3.10. The van der Waals surface area contributed by atoms with E-state index in [0.29, 0.717) is 19.6 Å². The van der Waals surface area contributed by atoms with E-state index in [2.05, 4.69) is 10.3 Å². The number of nitrogens with one attached hydrogen (secondary N) is 1. The van der Waals surface area contributed by atoms with Crippen molar-refractivity contribution < 1.29 is 4.79 Å². The predicted molar refractivity (Wildman–Crippen MR) is 76.7 cm³/mol. The fourth-order valence-corrected chi connectivity index (χ4v) is 2.34. The van der Waals surface area contributed by atoms with E-state index >= 15 is 0 Å². The Balaban J connectivity index is 2.47. The van der Waals surface area contributed by atoms with Crippen LogP contribution < -0.4 is 21.5 Å². The van der Waals surface area contributed by atoms with E-state index in [4.69, 9.17) is 5.73 Å². The van der Waals surface area contributed by atoms with Crippen LogP contribution in [0.25, 0.3) is 0 Å². The first kappa shape index (κ1) is 14.5. The first-order chi connectivity index (χ1) is 9.32. The number of nitrogens with two attached hydrogens (primary N) is 1. The van der Waals surface area contributed by atoms with Crippen LogP contribution in [0.1, 0.15) is 20.8 Å². The van der Waals surface area contributed by atoms with E-state index in [1.165, 1.54) is 0 Å². The summed E-state index contributed by atoms with van der Waals surface area (Å²) in [6.07, 6.45) is 3.25. The summed E-state index contributed by atoms with van der Waals surface area (Å²) in [4.78, 5) is 30.0. The number of primary amides is 1. The van der Waals surface area contributed by atoms with Gasteiger partial charge in [0.2, 0.25) is 5.91 Å². The highest BCUT2D eigenvalue weighted by Crippen LogP contribution is 2.15. The van der Waals surface area contributed by atoms with E-state index in [-0.39, 0.29) is 16.9 Å². The Hall–Kier alpha value is -1.89. The van der Waals surface area contributed by atoms with Crippen LogP contribution in [0.2, 0.25) is 0 Å². The van der Waals surface area contributed by atoms with Crippen molar-refractivity contribution in [3.05, 3.63) is 22.7 Å². The fraction of sp³-hybridized carbons (Fsp3) is 0.615. The van der Waals surface area contributed by atoms with Gasteiger partial charge in [-0.2, -0.15) is 0 Å². The standard InChI is InChI=1S/C13H21N5O2/c1-13(2,3)18-7-5-16-11(12(18)20)17-6-4-15-8-9(17)10(14)19/h5,7,9,15H,4,6,8H2,1-3H3,(H2,14,19). The molecule has 7 nitrogen and oxygen atoms in total. The molecule has 7 heteroatoms. The van der Waals surface area contributed by atoms with Gasteiger partial charge in [-0.05, 0) is 20.8 Å². The van der Waals surface area contributed by atoms with Crippen molar-refractivity contribution >= 4 is 11.7 Å². The molecule has 1 fully saturated rings. The summed E-state index contributed by atoms with van der Waals surface area (Å²) in [5.41, 5.74) is 4.87. The van der Waals surface area contributed by atoms with Gasteiger partial charge in [-0.25, -0.2) is 4.98 Å². The molecule has 0 saturated carbocycles. The Morgan fingerprint density at radius 3 is 2.80 bits per heavy atom. The van der Waals surface area contributed by atoms with Crippen LogP contribution in [-0.4, -0.2) is 41.1 Å². The average molecular weight is 279 g/mol. The highest BCUT2D eigenvalue weighted by molar-refractivity contribution is 5.83. The molecule has 1 unspecified atom stereocenters. The van der Waals surface area contributed by atoms with Crippen molar-refractivity contribution in [3.63, 3.8) is 0 Å². The van der Waals surface area contributed by atoms with Gasteiger partial charge in [0, 0.05) is 37.6 Å². The molecule has 0 bridgehead atoms. The number of carbonyl (C=O) groups is 1. The molecule has 1 saturated heterocycles. The second-order valence-electron chi connectivity index (χ2n) is 5.91. The van der Waals surface area contributed by atoms with E-state index in [9.17, 15) is 9.59 Å². The zero-order chi connectivity index (χ0) is 14.9.